The maximum absolute atomic E-state index is 11.7. The Morgan fingerprint density at radius 2 is 1.69 bits per heavy atom. The van der Waals surface area contributed by atoms with Gasteiger partial charge in [0.15, 0.2) is 17.6 Å². The minimum absolute atomic E-state index is 0.220. The molecule has 0 bridgehead atoms. The van der Waals surface area contributed by atoms with Gasteiger partial charge in [-0.15, -0.1) is 0 Å². The first-order valence-electron chi connectivity index (χ1n) is 11.9. The van der Waals surface area contributed by atoms with Crippen LogP contribution in [0.5, 0.6) is 5.75 Å². The highest BCUT2D eigenvalue weighted by Gasteiger charge is 2.21. The van der Waals surface area contributed by atoms with Gasteiger partial charge in [0.2, 0.25) is 5.89 Å². The molecule has 0 saturated heterocycles. The van der Waals surface area contributed by atoms with Gasteiger partial charge < -0.3 is 18.7 Å². The number of para-hydroxylation sites is 1. The van der Waals surface area contributed by atoms with Gasteiger partial charge in [0.05, 0.1) is 5.69 Å². The molecular weight excluding hydrogens is 456 g/mol. The number of aliphatic carboxylic acids is 1. The Balaban J connectivity index is 1.22. The van der Waals surface area contributed by atoms with Crippen molar-refractivity contribution in [3.63, 3.8) is 0 Å². The molecule has 7 nitrogen and oxygen atoms in total. The Bertz CT molecular complexity index is 1460. The number of aromatic nitrogens is 2. The van der Waals surface area contributed by atoms with Crippen LogP contribution in [-0.2, 0) is 24.1 Å². The van der Waals surface area contributed by atoms with Crippen LogP contribution in [0.3, 0.4) is 0 Å². The van der Waals surface area contributed by atoms with Crippen molar-refractivity contribution in [3.8, 4) is 17.2 Å². The van der Waals surface area contributed by atoms with Crippen LogP contribution in [0, 0.1) is 6.92 Å². The maximum atomic E-state index is 11.7. The topological polar surface area (TPSA) is 98.6 Å². The molecule has 0 amide bonds. The standard InChI is InChI=1S/C29H26N2O5/c1-19-23(31-28(34-19)21-9-4-2-5-10-21)13-8-14-27-30-24-17-20(15-16-25(24)36-27)18-26(29(32)33)35-22-11-6-3-7-12-22/h2-7,9-12,15-17,26H,8,13-14,18H2,1H3,(H,32,33)/t26-/m0/s1. The number of ether oxygens (including phenoxy) is 1. The molecule has 0 unspecified atom stereocenters. The van der Waals surface area contributed by atoms with E-state index in [1.54, 1.807) is 12.1 Å². The molecular formula is C29H26N2O5. The number of oxazole rings is 2. The Kier molecular flexibility index (Phi) is 6.80. The van der Waals surface area contributed by atoms with Crippen LogP contribution in [0.25, 0.3) is 22.6 Å². The van der Waals surface area contributed by atoms with Gasteiger partial charge in [0.25, 0.3) is 0 Å². The zero-order valence-corrected chi connectivity index (χ0v) is 19.9. The lowest BCUT2D eigenvalue weighted by Crippen LogP contribution is -2.29. The number of carbonyl (C=O) groups is 1. The molecule has 36 heavy (non-hydrogen) atoms. The molecule has 5 rings (SSSR count). The van der Waals surface area contributed by atoms with E-state index in [4.69, 9.17) is 13.6 Å². The average molecular weight is 483 g/mol. The van der Waals surface area contributed by atoms with E-state index in [0.717, 1.165) is 35.4 Å². The summed E-state index contributed by atoms with van der Waals surface area (Å²) in [4.78, 5) is 21.0. The number of hydrogen-bond donors (Lipinski definition) is 1. The molecule has 0 aliphatic carbocycles. The lowest BCUT2D eigenvalue weighted by Gasteiger charge is -2.15. The number of rotatable bonds is 10. The molecule has 7 heteroatoms. The van der Waals surface area contributed by atoms with Crippen LogP contribution in [0.15, 0.2) is 87.7 Å². The summed E-state index contributed by atoms with van der Waals surface area (Å²) in [5.41, 5.74) is 4.09. The van der Waals surface area contributed by atoms with Gasteiger partial charge in [-0.05, 0) is 61.7 Å². The molecule has 1 atom stereocenters. The highest BCUT2D eigenvalue weighted by Crippen LogP contribution is 2.24. The number of fused-ring (bicyclic) bond motifs is 1. The minimum atomic E-state index is -1.02. The summed E-state index contributed by atoms with van der Waals surface area (Å²) < 4.78 is 17.4. The zero-order valence-electron chi connectivity index (χ0n) is 19.9. The van der Waals surface area contributed by atoms with Crippen molar-refractivity contribution in [2.45, 2.75) is 38.7 Å². The third-order valence-corrected chi connectivity index (χ3v) is 5.93. The SMILES string of the molecule is Cc1oc(-c2ccccc2)nc1CCCc1nc2cc(C[C@H](Oc3ccccc3)C(=O)O)ccc2o1. The van der Waals surface area contributed by atoms with Gasteiger partial charge in [-0.3, -0.25) is 0 Å². The molecule has 2 heterocycles. The average Bonchev–Trinajstić information content (AvgIpc) is 3.47. The lowest BCUT2D eigenvalue weighted by molar-refractivity contribution is -0.145. The van der Waals surface area contributed by atoms with Gasteiger partial charge in [-0.2, -0.15) is 0 Å². The van der Waals surface area contributed by atoms with Crippen molar-refractivity contribution < 1.29 is 23.5 Å². The molecule has 0 aliphatic rings. The number of carboxylic acid groups (broad SMARTS) is 1. The van der Waals surface area contributed by atoms with Crippen LogP contribution in [-0.4, -0.2) is 27.1 Å². The number of nitrogens with zero attached hydrogens (tertiary/aromatic N) is 2. The molecule has 3 aromatic carbocycles. The fourth-order valence-corrected chi connectivity index (χ4v) is 4.08. The van der Waals surface area contributed by atoms with Crippen LogP contribution < -0.4 is 4.74 Å². The van der Waals surface area contributed by atoms with Crippen molar-refractivity contribution in [2.24, 2.45) is 0 Å². The summed E-state index contributed by atoms with van der Waals surface area (Å²) in [5.74, 6) is 1.60. The molecule has 0 aliphatic heterocycles. The lowest BCUT2D eigenvalue weighted by atomic mass is 10.1. The highest BCUT2D eigenvalue weighted by atomic mass is 16.5. The van der Waals surface area contributed by atoms with E-state index in [-0.39, 0.29) is 6.42 Å². The quantitative estimate of drug-likeness (QED) is 0.259. The Hall–Kier alpha value is -4.39. The number of aryl methyl sites for hydroxylation is 3. The first kappa shape index (κ1) is 23.4. The second kappa shape index (κ2) is 10.5. The second-order valence-corrected chi connectivity index (χ2v) is 8.61. The van der Waals surface area contributed by atoms with Gasteiger partial charge in [0, 0.05) is 18.4 Å². The Labute approximate surface area is 208 Å². The summed E-state index contributed by atoms with van der Waals surface area (Å²) in [7, 11) is 0. The van der Waals surface area contributed by atoms with Crippen LogP contribution in [0.2, 0.25) is 0 Å². The summed E-state index contributed by atoms with van der Waals surface area (Å²) in [6.07, 6.45) is 1.45. The third-order valence-electron chi connectivity index (χ3n) is 5.93. The van der Waals surface area contributed by atoms with E-state index in [1.165, 1.54) is 0 Å². The molecule has 5 aromatic rings. The van der Waals surface area contributed by atoms with Gasteiger partial charge in [-0.25, -0.2) is 14.8 Å². The number of benzene rings is 3. The van der Waals surface area contributed by atoms with E-state index in [0.29, 0.717) is 35.1 Å². The summed E-state index contributed by atoms with van der Waals surface area (Å²) in [6, 6.07) is 24.4. The fraction of sp³-hybridized carbons (Fsp3) is 0.207. The summed E-state index contributed by atoms with van der Waals surface area (Å²) in [5, 5.41) is 9.62. The third kappa shape index (κ3) is 5.46. The zero-order chi connectivity index (χ0) is 24.9. The summed E-state index contributed by atoms with van der Waals surface area (Å²) >= 11 is 0. The smallest absolute Gasteiger partial charge is 0.345 e. The van der Waals surface area contributed by atoms with Crippen molar-refractivity contribution in [1.29, 1.82) is 0 Å². The van der Waals surface area contributed by atoms with Gasteiger partial charge >= 0.3 is 5.97 Å². The maximum Gasteiger partial charge on any atom is 0.345 e. The predicted molar refractivity (Wildman–Crippen MR) is 135 cm³/mol. The largest absolute Gasteiger partial charge is 0.478 e. The monoisotopic (exact) mass is 482 g/mol. The summed E-state index contributed by atoms with van der Waals surface area (Å²) in [6.45, 7) is 1.93. The van der Waals surface area contributed by atoms with E-state index in [9.17, 15) is 9.90 Å². The normalized spacial score (nSPS) is 12.0. The first-order chi connectivity index (χ1) is 17.5. The molecule has 0 saturated carbocycles. The molecule has 1 N–H and O–H groups in total. The minimum Gasteiger partial charge on any atom is -0.478 e. The number of hydrogen-bond acceptors (Lipinski definition) is 6. The highest BCUT2D eigenvalue weighted by molar-refractivity contribution is 5.75. The van der Waals surface area contributed by atoms with E-state index in [1.807, 2.05) is 73.7 Å². The van der Waals surface area contributed by atoms with Crippen LogP contribution >= 0.6 is 0 Å². The van der Waals surface area contributed by atoms with Gasteiger partial charge in [0.1, 0.15) is 17.0 Å². The molecule has 2 aromatic heterocycles. The van der Waals surface area contributed by atoms with Crippen molar-refractivity contribution in [1.82, 2.24) is 9.97 Å². The molecule has 0 spiro atoms. The van der Waals surface area contributed by atoms with Crippen molar-refractivity contribution in [2.75, 3.05) is 0 Å². The molecule has 0 fully saturated rings. The van der Waals surface area contributed by atoms with E-state index < -0.39 is 12.1 Å². The number of carboxylic acids is 1. The predicted octanol–water partition coefficient (Wildman–Crippen LogP) is 6.04. The van der Waals surface area contributed by atoms with Crippen molar-refractivity contribution >= 4 is 17.1 Å². The van der Waals surface area contributed by atoms with Crippen LogP contribution in [0.4, 0.5) is 0 Å². The van der Waals surface area contributed by atoms with Crippen molar-refractivity contribution in [3.05, 3.63) is 102 Å². The van der Waals surface area contributed by atoms with Gasteiger partial charge in [-0.1, -0.05) is 42.5 Å². The van der Waals surface area contributed by atoms with Crippen LogP contribution in [0.1, 0.15) is 29.3 Å². The molecule has 182 valence electrons. The Morgan fingerprint density at radius 3 is 2.44 bits per heavy atom. The fourth-order valence-electron chi connectivity index (χ4n) is 4.08. The molecule has 0 radical (unpaired) electrons. The Morgan fingerprint density at radius 1 is 0.944 bits per heavy atom. The second-order valence-electron chi connectivity index (χ2n) is 8.61. The van der Waals surface area contributed by atoms with E-state index in [2.05, 4.69) is 9.97 Å². The van der Waals surface area contributed by atoms with E-state index >= 15 is 0 Å². The first-order valence-corrected chi connectivity index (χ1v) is 11.9.